The number of nitrogen functional groups attached to an aromatic ring is 1. The van der Waals surface area contributed by atoms with Crippen LogP contribution in [0.5, 0.6) is 5.75 Å². The quantitative estimate of drug-likeness (QED) is 0.772. The summed E-state index contributed by atoms with van der Waals surface area (Å²) in [6.45, 7) is 9.16. The molecule has 0 aliphatic heterocycles. The van der Waals surface area contributed by atoms with Gasteiger partial charge in [-0.1, -0.05) is 45.0 Å². The molecule has 0 saturated heterocycles. The van der Waals surface area contributed by atoms with E-state index in [1.807, 2.05) is 18.2 Å². The Hall–Kier alpha value is -1.48. The van der Waals surface area contributed by atoms with Crippen LogP contribution >= 0.6 is 15.9 Å². The molecule has 21 heavy (non-hydrogen) atoms. The summed E-state index contributed by atoms with van der Waals surface area (Å²) in [5, 5.41) is 0. The molecule has 2 aromatic rings. The minimum absolute atomic E-state index is 0.0516. The van der Waals surface area contributed by atoms with Crippen molar-refractivity contribution in [1.29, 1.82) is 0 Å². The summed E-state index contributed by atoms with van der Waals surface area (Å²) in [7, 11) is 0. The summed E-state index contributed by atoms with van der Waals surface area (Å²) in [6.07, 6.45) is 0. The highest BCUT2D eigenvalue weighted by Gasteiger charge is 2.19. The number of nitrogens with two attached hydrogens (primary N) is 1. The predicted molar refractivity (Wildman–Crippen MR) is 92.8 cm³/mol. The molecular weight excluding hydrogens is 326 g/mol. The van der Waals surface area contributed by atoms with Gasteiger partial charge >= 0.3 is 0 Å². The van der Waals surface area contributed by atoms with Gasteiger partial charge in [-0.2, -0.15) is 0 Å². The van der Waals surface area contributed by atoms with Crippen molar-refractivity contribution in [3.05, 3.63) is 57.6 Å². The smallest absolute Gasteiger partial charge is 0.123 e. The summed E-state index contributed by atoms with van der Waals surface area (Å²) >= 11 is 3.52. The maximum Gasteiger partial charge on any atom is 0.123 e. The number of hydrogen-bond donors (Lipinski definition) is 1. The Morgan fingerprint density at radius 1 is 1.14 bits per heavy atom. The summed E-state index contributed by atoms with van der Waals surface area (Å²) < 4.78 is 6.99. The van der Waals surface area contributed by atoms with E-state index in [1.54, 1.807) is 0 Å². The lowest BCUT2D eigenvalue weighted by molar-refractivity contribution is 0.297. The highest BCUT2D eigenvalue weighted by molar-refractivity contribution is 9.10. The molecule has 2 aromatic carbocycles. The van der Waals surface area contributed by atoms with Crippen molar-refractivity contribution >= 4 is 21.6 Å². The van der Waals surface area contributed by atoms with Crippen LogP contribution in [0.15, 0.2) is 40.9 Å². The first-order chi connectivity index (χ1) is 9.79. The van der Waals surface area contributed by atoms with E-state index >= 15 is 0 Å². The Morgan fingerprint density at radius 3 is 2.52 bits per heavy atom. The Morgan fingerprint density at radius 2 is 1.86 bits per heavy atom. The summed E-state index contributed by atoms with van der Waals surface area (Å²) in [5.74, 6) is 0.942. The van der Waals surface area contributed by atoms with Crippen molar-refractivity contribution in [3.63, 3.8) is 0 Å². The summed E-state index contributed by atoms with van der Waals surface area (Å²) in [4.78, 5) is 0. The van der Waals surface area contributed by atoms with E-state index in [0.29, 0.717) is 6.61 Å². The summed E-state index contributed by atoms with van der Waals surface area (Å²) in [6, 6.07) is 12.2. The van der Waals surface area contributed by atoms with E-state index in [-0.39, 0.29) is 5.41 Å². The van der Waals surface area contributed by atoms with Crippen LogP contribution in [0.25, 0.3) is 0 Å². The second-order valence-corrected chi connectivity index (χ2v) is 7.15. The van der Waals surface area contributed by atoms with Crippen LogP contribution in [0.4, 0.5) is 5.69 Å². The van der Waals surface area contributed by atoms with Crippen LogP contribution in [0.1, 0.15) is 37.5 Å². The molecular formula is C18H22BrNO. The van der Waals surface area contributed by atoms with Gasteiger partial charge < -0.3 is 10.5 Å². The van der Waals surface area contributed by atoms with Crippen molar-refractivity contribution in [2.45, 2.75) is 39.7 Å². The molecule has 2 rings (SSSR count). The van der Waals surface area contributed by atoms with Gasteiger partial charge in [0, 0.05) is 15.7 Å². The van der Waals surface area contributed by atoms with Crippen molar-refractivity contribution in [3.8, 4) is 5.75 Å². The first-order valence-corrected chi connectivity index (χ1v) is 7.85. The molecule has 0 spiro atoms. The average molecular weight is 348 g/mol. The molecule has 0 aliphatic carbocycles. The maximum absolute atomic E-state index is 6.08. The fourth-order valence-electron chi connectivity index (χ4n) is 2.24. The van der Waals surface area contributed by atoms with Gasteiger partial charge in [-0.3, -0.25) is 0 Å². The third kappa shape index (κ3) is 3.79. The third-order valence-electron chi connectivity index (χ3n) is 3.44. The molecule has 0 aliphatic rings. The molecule has 0 heterocycles. The number of aryl methyl sites for hydroxylation is 1. The Labute approximate surface area is 135 Å². The molecule has 0 atom stereocenters. The van der Waals surface area contributed by atoms with Gasteiger partial charge in [0.1, 0.15) is 12.4 Å². The Bertz CT molecular complexity index is 644. The molecule has 2 N–H and O–H groups in total. The first kappa shape index (κ1) is 15.9. The minimum Gasteiger partial charge on any atom is -0.489 e. The zero-order chi connectivity index (χ0) is 15.6. The van der Waals surface area contributed by atoms with E-state index in [4.69, 9.17) is 10.5 Å². The van der Waals surface area contributed by atoms with E-state index in [2.05, 4.69) is 61.8 Å². The largest absolute Gasteiger partial charge is 0.489 e. The average Bonchev–Trinajstić information content (AvgIpc) is 2.39. The molecule has 0 radical (unpaired) electrons. The first-order valence-electron chi connectivity index (χ1n) is 7.06. The van der Waals surface area contributed by atoms with Crippen LogP contribution in [-0.2, 0) is 12.0 Å². The predicted octanol–water partition coefficient (Wildman–Crippen LogP) is 5.22. The monoisotopic (exact) mass is 347 g/mol. The lowest BCUT2D eigenvalue weighted by atomic mass is 9.86. The SMILES string of the molecule is Cc1ccc(C(C)(C)C)c(OCc2cccc(N)c2Br)c1. The van der Waals surface area contributed by atoms with Gasteiger partial charge in [-0.05, 0) is 51.5 Å². The fraction of sp³-hybridized carbons (Fsp3) is 0.333. The van der Waals surface area contributed by atoms with E-state index in [1.165, 1.54) is 11.1 Å². The van der Waals surface area contributed by atoms with Gasteiger partial charge in [0.2, 0.25) is 0 Å². The molecule has 0 amide bonds. The standard InChI is InChI=1S/C18H22BrNO/c1-12-8-9-14(18(2,3)4)16(10-12)21-11-13-6-5-7-15(20)17(13)19/h5-10H,11,20H2,1-4H3. The third-order valence-corrected chi connectivity index (χ3v) is 4.40. The zero-order valence-electron chi connectivity index (χ0n) is 13.0. The zero-order valence-corrected chi connectivity index (χ0v) is 14.6. The van der Waals surface area contributed by atoms with Gasteiger partial charge in [-0.25, -0.2) is 0 Å². The molecule has 0 unspecified atom stereocenters. The van der Waals surface area contributed by atoms with Crippen molar-refractivity contribution in [2.24, 2.45) is 0 Å². The number of rotatable bonds is 3. The maximum atomic E-state index is 6.08. The summed E-state index contributed by atoms with van der Waals surface area (Å²) in [5.41, 5.74) is 10.2. The number of hydrogen-bond acceptors (Lipinski definition) is 2. The van der Waals surface area contributed by atoms with Crippen LogP contribution in [-0.4, -0.2) is 0 Å². The molecule has 0 bridgehead atoms. The van der Waals surface area contributed by atoms with Crippen LogP contribution in [0.2, 0.25) is 0 Å². The molecule has 0 fully saturated rings. The molecule has 0 aromatic heterocycles. The lowest BCUT2D eigenvalue weighted by Crippen LogP contribution is -2.13. The number of anilines is 1. The van der Waals surface area contributed by atoms with Crippen LogP contribution < -0.4 is 10.5 Å². The van der Waals surface area contributed by atoms with Crippen LogP contribution in [0.3, 0.4) is 0 Å². The number of halogens is 1. The topological polar surface area (TPSA) is 35.2 Å². The van der Waals surface area contributed by atoms with E-state index in [0.717, 1.165) is 21.5 Å². The molecule has 112 valence electrons. The Balaban J connectivity index is 2.28. The van der Waals surface area contributed by atoms with Crippen LogP contribution in [0, 0.1) is 6.92 Å². The van der Waals surface area contributed by atoms with Gasteiger partial charge in [0.05, 0.1) is 0 Å². The second kappa shape index (κ2) is 6.10. The van der Waals surface area contributed by atoms with Crippen molar-refractivity contribution in [1.82, 2.24) is 0 Å². The van der Waals surface area contributed by atoms with Gasteiger partial charge in [-0.15, -0.1) is 0 Å². The highest BCUT2D eigenvalue weighted by atomic mass is 79.9. The van der Waals surface area contributed by atoms with Gasteiger partial charge in [0.25, 0.3) is 0 Å². The molecule has 0 saturated carbocycles. The van der Waals surface area contributed by atoms with E-state index in [9.17, 15) is 0 Å². The second-order valence-electron chi connectivity index (χ2n) is 6.36. The number of ether oxygens (including phenoxy) is 1. The molecule has 2 nitrogen and oxygen atoms in total. The number of benzene rings is 2. The van der Waals surface area contributed by atoms with Crippen molar-refractivity contribution in [2.75, 3.05) is 5.73 Å². The normalized spacial score (nSPS) is 11.5. The molecule has 3 heteroatoms. The van der Waals surface area contributed by atoms with E-state index < -0.39 is 0 Å². The Kier molecular flexibility index (Phi) is 4.62. The van der Waals surface area contributed by atoms with Gasteiger partial charge in [0.15, 0.2) is 0 Å². The minimum atomic E-state index is 0.0516. The van der Waals surface area contributed by atoms with Crippen molar-refractivity contribution < 1.29 is 4.74 Å². The highest BCUT2D eigenvalue weighted by Crippen LogP contribution is 2.33. The fourth-order valence-corrected chi connectivity index (χ4v) is 2.61. The lowest BCUT2D eigenvalue weighted by Gasteiger charge is -2.23.